The van der Waals surface area contributed by atoms with Gasteiger partial charge in [0.05, 0.1) is 18.0 Å². The van der Waals surface area contributed by atoms with E-state index < -0.39 is 11.4 Å². The van der Waals surface area contributed by atoms with Gasteiger partial charge in [-0.05, 0) is 43.4 Å². The van der Waals surface area contributed by atoms with Gasteiger partial charge in [-0.25, -0.2) is 4.79 Å². The van der Waals surface area contributed by atoms with Gasteiger partial charge in [0.15, 0.2) is 0 Å². The van der Waals surface area contributed by atoms with Crippen LogP contribution in [0.25, 0.3) is 10.9 Å². The van der Waals surface area contributed by atoms with Crippen molar-refractivity contribution < 1.29 is 14.6 Å². The molecule has 0 aliphatic heterocycles. The topological polar surface area (TPSA) is 68.5 Å². The predicted molar refractivity (Wildman–Crippen MR) is 79.2 cm³/mol. The van der Waals surface area contributed by atoms with Gasteiger partial charge >= 0.3 is 5.97 Å². The van der Waals surface area contributed by atoms with Gasteiger partial charge in [0.25, 0.3) is 0 Å². The first-order chi connectivity index (χ1) is 10.0. The molecule has 0 bridgehead atoms. The van der Waals surface area contributed by atoms with Crippen molar-refractivity contribution in [1.82, 2.24) is 4.57 Å². The smallest absolute Gasteiger partial charge is 0.341 e. The van der Waals surface area contributed by atoms with E-state index in [2.05, 4.69) is 0 Å². The number of carboxylic acids is 1. The van der Waals surface area contributed by atoms with Crippen LogP contribution in [0.2, 0.25) is 0 Å². The van der Waals surface area contributed by atoms with E-state index in [-0.39, 0.29) is 5.56 Å². The van der Waals surface area contributed by atoms with Crippen molar-refractivity contribution in [3.63, 3.8) is 0 Å². The SMILES string of the molecule is COc1cc(C)c2c(c1)c(=O)c(C(=O)O)cn2CC1CC1. The van der Waals surface area contributed by atoms with Crippen LogP contribution >= 0.6 is 0 Å². The number of hydrogen-bond donors (Lipinski definition) is 1. The molecule has 1 aliphatic rings. The van der Waals surface area contributed by atoms with Gasteiger partial charge in [0.1, 0.15) is 11.3 Å². The molecule has 1 aliphatic carbocycles. The molecule has 0 atom stereocenters. The van der Waals surface area contributed by atoms with Crippen molar-refractivity contribution in [3.05, 3.63) is 39.7 Å². The standard InChI is InChI=1S/C16H17NO4/c1-9-5-11(21-2)6-12-14(9)17(7-10-3-4-10)8-13(15(12)18)16(19)20/h5-6,8,10H,3-4,7H2,1-2H3,(H,19,20). The molecule has 1 aromatic heterocycles. The largest absolute Gasteiger partial charge is 0.497 e. The minimum atomic E-state index is -1.19. The van der Waals surface area contributed by atoms with Crippen LogP contribution in [0.4, 0.5) is 0 Å². The highest BCUT2D eigenvalue weighted by Gasteiger charge is 2.24. The predicted octanol–water partition coefficient (Wildman–Crippen LogP) is 2.43. The molecule has 0 saturated heterocycles. The second-order valence-electron chi connectivity index (χ2n) is 5.61. The van der Waals surface area contributed by atoms with Crippen LogP contribution in [0.1, 0.15) is 28.8 Å². The van der Waals surface area contributed by atoms with Crippen LogP contribution in [0.15, 0.2) is 23.1 Å². The number of nitrogens with zero attached hydrogens (tertiary/aromatic N) is 1. The number of fused-ring (bicyclic) bond motifs is 1. The second kappa shape index (κ2) is 4.91. The fourth-order valence-electron chi connectivity index (χ4n) is 2.72. The Bertz CT molecular complexity index is 787. The van der Waals surface area contributed by atoms with E-state index in [1.807, 2.05) is 17.6 Å². The highest BCUT2D eigenvalue weighted by molar-refractivity contribution is 5.93. The van der Waals surface area contributed by atoms with E-state index >= 15 is 0 Å². The molecule has 2 aromatic rings. The second-order valence-corrected chi connectivity index (χ2v) is 5.61. The average Bonchev–Trinajstić information content (AvgIpc) is 3.25. The molecule has 1 heterocycles. The Morgan fingerprint density at radius 2 is 2.14 bits per heavy atom. The summed E-state index contributed by atoms with van der Waals surface area (Å²) in [5.74, 6) is -0.0385. The van der Waals surface area contributed by atoms with E-state index in [0.717, 1.165) is 30.5 Å². The number of aromatic carboxylic acids is 1. The number of carboxylic acid groups (broad SMARTS) is 1. The fourth-order valence-corrected chi connectivity index (χ4v) is 2.72. The molecule has 5 nitrogen and oxygen atoms in total. The Hall–Kier alpha value is -2.30. The van der Waals surface area contributed by atoms with Crippen molar-refractivity contribution in [1.29, 1.82) is 0 Å². The van der Waals surface area contributed by atoms with Crippen LogP contribution in [-0.2, 0) is 6.54 Å². The zero-order valence-corrected chi connectivity index (χ0v) is 12.0. The summed E-state index contributed by atoms with van der Waals surface area (Å²) in [6, 6.07) is 3.49. The lowest BCUT2D eigenvalue weighted by atomic mass is 10.1. The van der Waals surface area contributed by atoms with Crippen molar-refractivity contribution in [3.8, 4) is 5.75 Å². The molecular formula is C16H17NO4. The van der Waals surface area contributed by atoms with Crippen LogP contribution in [-0.4, -0.2) is 22.8 Å². The zero-order chi connectivity index (χ0) is 15.1. The number of ether oxygens (including phenoxy) is 1. The van der Waals surface area contributed by atoms with Crippen molar-refractivity contribution >= 4 is 16.9 Å². The Labute approximate surface area is 121 Å². The molecule has 0 amide bonds. The molecular weight excluding hydrogens is 270 g/mol. The Morgan fingerprint density at radius 3 is 2.71 bits per heavy atom. The highest BCUT2D eigenvalue weighted by atomic mass is 16.5. The summed E-state index contributed by atoms with van der Waals surface area (Å²) in [4.78, 5) is 23.7. The monoisotopic (exact) mass is 287 g/mol. The first-order valence-corrected chi connectivity index (χ1v) is 6.96. The lowest BCUT2D eigenvalue weighted by molar-refractivity contribution is 0.0694. The number of benzene rings is 1. The van der Waals surface area contributed by atoms with Crippen molar-refractivity contribution in [2.24, 2.45) is 5.92 Å². The third kappa shape index (κ3) is 2.39. The molecule has 3 rings (SSSR count). The maximum Gasteiger partial charge on any atom is 0.341 e. The van der Waals surface area contributed by atoms with Crippen LogP contribution in [0, 0.1) is 12.8 Å². The number of carbonyl (C=O) groups is 1. The quantitative estimate of drug-likeness (QED) is 0.937. The fraction of sp³-hybridized carbons (Fsp3) is 0.375. The lowest BCUT2D eigenvalue weighted by Gasteiger charge is -2.15. The molecule has 5 heteroatoms. The summed E-state index contributed by atoms with van der Waals surface area (Å²) in [6.45, 7) is 2.67. The number of hydrogen-bond acceptors (Lipinski definition) is 3. The minimum absolute atomic E-state index is 0.184. The van der Waals surface area contributed by atoms with E-state index in [1.54, 1.807) is 6.07 Å². The van der Waals surface area contributed by atoms with E-state index in [9.17, 15) is 14.7 Å². The minimum Gasteiger partial charge on any atom is -0.497 e. The third-order valence-corrected chi connectivity index (χ3v) is 3.95. The van der Waals surface area contributed by atoms with Gasteiger partial charge in [-0.3, -0.25) is 4.79 Å². The van der Waals surface area contributed by atoms with Crippen molar-refractivity contribution in [2.45, 2.75) is 26.3 Å². The molecule has 1 fully saturated rings. The number of rotatable bonds is 4. The van der Waals surface area contributed by atoms with Gasteiger partial charge in [0.2, 0.25) is 5.43 Å². The highest BCUT2D eigenvalue weighted by Crippen LogP contribution is 2.32. The van der Waals surface area contributed by atoms with Crippen molar-refractivity contribution in [2.75, 3.05) is 7.11 Å². The van der Waals surface area contributed by atoms with Gasteiger partial charge in [-0.2, -0.15) is 0 Å². The van der Waals surface area contributed by atoms with E-state index in [4.69, 9.17) is 4.74 Å². The number of pyridine rings is 1. The summed E-state index contributed by atoms with van der Waals surface area (Å²) in [5, 5.41) is 9.66. The molecule has 1 saturated carbocycles. The summed E-state index contributed by atoms with van der Waals surface area (Å²) in [5.41, 5.74) is 1.08. The number of methoxy groups -OCH3 is 1. The number of aryl methyl sites for hydroxylation is 1. The van der Waals surface area contributed by atoms with Gasteiger partial charge in [0, 0.05) is 12.7 Å². The molecule has 110 valence electrons. The van der Waals surface area contributed by atoms with Crippen LogP contribution in [0.5, 0.6) is 5.75 Å². The number of aromatic nitrogens is 1. The maximum atomic E-state index is 12.4. The first kappa shape index (κ1) is 13.7. The summed E-state index contributed by atoms with van der Waals surface area (Å²) in [6.07, 6.45) is 3.79. The third-order valence-electron chi connectivity index (χ3n) is 3.95. The molecule has 21 heavy (non-hydrogen) atoms. The Kier molecular flexibility index (Phi) is 3.20. The summed E-state index contributed by atoms with van der Waals surface area (Å²) in [7, 11) is 1.53. The average molecular weight is 287 g/mol. The molecule has 0 radical (unpaired) electrons. The van der Waals surface area contributed by atoms with E-state index in [0.29, 0.717) is 17.1 Å². The zero-order valence-electron chi connectivity index (χ0n) is 12.0. The Morgan fingerprint density at radius 1 is 1.43 bits per heavy atom. The molecule has 1 N–H and O–H groups in total. The Balaban J connectivity index is 2.35. The molecule has 1 aromatic carbocycles. The van der Waals surface area contributed by atoms with E-state index in [1.165, 1.54) is 13.3 Å². The van der Waals surface area contributed by atoms with Gasteiger partial charge < -0.3 is 14.4 Å². The first-order valence-electron chi connectivity index (χ1n) is 6.96. The molecule has 0 spiro atoms. The van der Waals surface area contributed by atoms with Crippen LogP contribution in [0.3, 0.4) is 0 Å². The summed E-state index contributed by atoms with van der Waals surface area (Å²) >= 11 is 0. The normalized spacial score (nSPS) is 14.4. The lowest BCUT2D eigenvalue weighted by Crippen LogP contribution is -2.20. The summed E-state index contributed by atoms with van der Waals surface area (Å²) < 4.78 is 7.11. The van der Waals surface area contributed by atoms with Gasteiger partial charge in [-0.15, -0.1) is 0 Å². The van der Waals surface area contributed by atoms with Crippen LogP contribution < -0.4 is 10.2 Å². The van der Waals surface area contributed by atoms with Gasteiger partial charge in [-0.1, -0.05) is 0 Å². The maximum absolute atomic E-state index is 12.4. The molecule has 0 unspecified atom stereocenters.